The van der Waals surface area contributed by atoms with Gasteiger partial charge in [-0.1, -0.05) is 0 Å². The number of hydrogen-bond donors (Lipinski definition) is 0. The first kappa shape index (κ1) is 10.3. The van der Waals surface area contributed by atoms with E-state index in [1.54, 1.807) is 0 Å². The van der Waals surface area contributed by atoms with Crippen molar-refractivity contribution in [3.8, 4) is 0 Å². The van der Waals surface area contributed by atoms with Crippen molar-refractivity contribution >= 4 is 16.9 Å². The molecule has 0 amide bonds. The van der Waals surface area contributed by atoms with Gasteiger partial charge < -0.3 is 19.2 Å². The summed E-state index contributed by atoms with van der Waals surface area (Å²) in [7, 11) is -3.11. The minimum atomic E-state index is -5.39. The van der Waals surface area contributed by atoms with Crippen molar-refractivity contribution < 1.29 is 23.8 Å². The van der Waals surface area contributed by atoms with Crippen LogP contribution in [0.25, 0.3) is 0 Å². The van der Waals surface area contributed by atoms with Crippen LogP contribution in [0.1, 0.15) is 0 Å². The van der Waals surface area contributed by atoms with E-state index < -0.39 is 7.82 Å². The molecule has 5 nitrogen and oxygen atoms in total. The van der Waals surface area contributed by atoms with E-state index in [0.717, 1.165) is 0 Å². The fraction of sp³-hybridized carbons (Fsp3) is 0. The van der Waals surface area contributed by atoms with Crippen LogP contribution in [0.2, 0.25) is 0 Å². The van der Waals surface area contributed by atoms with Gasteiger partial charge in [0.2, 0.25) is 0 Å². The second-order valence-electron chi connectivity index (χ2n) is 0.447. The Morgan fingerprint density at radius 1 is 1.14 bits per heavy atom. The Morgan fingerprint density at radius 2 is 1.14 bits per heavy atom. The monoisotopic (exact) mass is 142 g/mol. The van der Waals surface area contributed by atoms with Gasteiger partial charge in [0.1, 0.15) is 0 Å². The molecule has 0 aromatic carbocycles. The van der Waals surface area contributed by atoms with Gasteiger partial charge in [0.15, 0.2) is 0 Å². The van der Waals surface area contributed by atoms with Crippen LogP contribution >= 0.6 is 16.9 Å². The Balaban J connectivity index is 0. The van der Waals surface area contributed by atoms with E-state index in [0.29, 0.717) is 0 Å². The van der Waals surface area contributed by atoms with E-state index in [-0.39, 0.29) is 0 Å². The fourth-order valence-electron chi connectivity index (χ4n) is 0. The molecule has 0 bridgehead atoms. The fourth-order valence-corrected chi connectivity index (χ4v) is 0. The molecule has 0 radical (unpaired) electrons. The van der Waals surface area contributed by atoms with Gasteiger partial charge in [-0.3, -0.25) is 0 Å². The quantitative estimate of drug-likeness (QED) is 0.361. The van der Waals surface area contributed by atoms with E-state index in [4.69, 9.17) is 23.8 Å². The molecular weight excluding hydrogens is 142 g/mol. The minimum absolute atomic E-state index is 2.28. The Labute approximate surface area is 41.8 Å². The SMILES string of the molecule is O=P([O-])([O-])[O-].O=[P+3]. The molecule has 0 spiro atoms. The Morgan fingerprint density at radius 3 is 1.14 bits per heavy atom. The average Bonchev–Trinajstić information content (AvgIpc) is 1.36. The van der Waals surface area contributed by atoms with Crippen LogP contribution in [0.15, 0.2) is 0 Å². The molecule has 0 aliphatic heterocycles. The van der Waals surface area contributed by atoms with Crippen LogP contribution in [0.4, 0.5) is 0 Å². The predicted molar refractivity (Wildman–Crippen MR) is 15.2 cm³/mol. The third kappa shape index (κ3) is 1030. The van der Waals surface area contributed by atoms with Gasteiger partial charge in [-0.15, -0.1) is 0 Å². The summed E-state index contributed by atoms with van der Waals surface area (Å²) in [6.07, 6.45) is 0. The zero-order valence-electron chi connectivity index (χ0n) is 2.94. The first-order chi connectivity index (χ1) is 3.00. The first-order valence-electron chi connectivity index (χ1n) is 0.913. The van der Waals surface area contributed by atoms with Crippen molar-refractivity contribution in [2.24, 2.45) is 0 Å². The molecule has 0 saturated heterocycles. The van der Waals surface area contributed by atoms with Gasteiger partial charge in [-0.05, 0) is 0 Å². The van der Waals surface area contributed by atoms with Crippen LogP contribution < -0.4 is 14.7 Å². The average molecular weight is 142 g/mol. The normalized spacial score (nSPS) is 9.29. The zero-order valence-corrected chi connectivity index (χ0v) is 4.72. The standard InChI is InChI=1S/H3O4P.OP/c1-5(2,3)4;1-2/h(H3,1,2,3,4);/q;+3/p-3. The molecule has 7 heavy (non-hydrogen) atoms. The topological polar surface area (TPSA) is 103 Å². The molecule has 0 aromatic rings. The molecule has 0 saturated carbocycles. The maximum absolute atomic E-state index is 8.55. The van der Waals surface area contributed by atoms with E-state index in [1.807, 2.05) is 0 Å². The number of rotatable bonds is 0. The van der Waals surface area contributed by atoms with E-state index in [2.05, 4.69) is 9.12 Å². The van der Waals surface area contributed by atoms with Gasteiger partial charge in [0.05, 0.1) is 0 Å². The van der Waals surface area contributed by atoms with Gasteiger partial charge in [-0.25, -0.2) is 0 Å². The third-order valence-corrected chi connectivity index (χ3v) is 0. The molecule has 0 heterocycles. The molecule has 0 aliphatic carbocycles. The Hall–Kier alpha value is 0.340. The van der Waals surface area contributed by atoms with Gasteiger partial charge in [0, 0.05) is 0 Å². The van der Waals surface area contributed by atoms with Crippen molar-refractivity contribution in [3.63, 3.8) is 0 Å². The van der Waals surface area contributed by atoms with Crippen LogP contribution in [-0.2, 0) is 9.13 Å². The summed E-state index contributed by atoms with van der Waals surface area (Å²) >= 11 is 0. The molecule has 0 rings (SSSR count). The number of hydrogen-bond acceptors (Lipinski definition) is 5. The van der Waals surface area contributed by atoms with Crippen molar-refractivity contribution in [1.82, 2.24) is 0 Å². The molecule has 0 aromatic heterocycles. The van der Waals surface area contributed by atoms with Crippen LogP contribution in [0.5, 0.6) is 0 Å². The predicted octanol–water partition coefficient (Wildman–Crippen LogP) is -2.08. The van der Waals surface area contributed by atoms with Crippen LogP contribution in [0.3, 0.4) is 0 Å². The second kappa shape index (κ2) is 4.50. The summed E-state index contributed by atoms with van der Waals surface area (Å²) in [5, 5.41) is 0. The molecule has 0 N–H and O–H groups in total. The van der Waals surface area contributed by atoms with Crippen LogP contribution in [-0.4, -0.2) is 0 Å². The number of phosphoric acid groups is 1. The first-order valence-corrected chi connectivity index (χ1v) is 2.74. The molecular formula is O5P2. The summed E-state index contributed by atoms with van der Waals surface area (Å²) in [5.41, 5.74) is 0. The molecule has 0 unspecified atom stereocenters. The van der Waals surface area contributed by atoms with Crippen LogP contribution in [0, 0.1) is 0 Å². The van der Waals surface area contributed by atoms with Gasteiger partial charge in [-0.2, -0.15) is 7.82 Å². The molecule has 0 aliphatic rings. The summed E-state index contributed by atoms with van der Waals surface area (Å²) in [4.78, 5) is 25.6. The third-order valence-electron chi connectivity index (χ3n) is 0. The second-order valence-corrected chi connectivity index (χ2v) is 1.34. The molecule has 0 atom stereocenters. The Kier molecular flexibility index (Phi) is 6.65. The summed E-state index contributed by atoms with van der Waals surface area (Å²) in [5.74, 6) is 0. The van der Waals surface area contributed by atoms with Gasteiger partial charge in [0.25, 0.3) is 0 Å². The van der Waals surface area contributed by atoms with Crippen molar-refractivity contribution in [2.75, 3.05) is 0 Å². The molecule has 7 heteroatoms. The zero-order chi connectivity index (χ0) is 6.50. The maximum atomic E-state index is 8.55. The van der Waals surface area contributed by atoms with Crippen molar-refractivity contribution in [2.45, 2.75) is 0 Å². The van der Waals surface area contributed by atoms with Gasteiger partial charge >= 0.3 is 13.7 Å². The summed E-state index contributed by atoms with van der Waals surface area (Å²) in [6, 6.07) is 0. The summed E-state index contributed by atoms with van der Waals surface area (Å²) in [6.45, 7) is 0. The molecule has 40 valence electrons. The molecule has 0 fully saturated rings. The van der Waals surface area contributed by atoms with Crippen molar-refractivity contribution in [3.05, 3.63) is 0 Å². The van der Waals surface area contributed by atoms with E-state index >= 15 is 0 Å². The summed E-state index contributed by atoms with van der Waals surface area (Å²) < 4.78 is 16.5. The van der Waals surface area contributed by atoms with E-state index in [1.165, 1.54) is 0 Å². The Bertz CT molecular complexity index is 61.9. The van der Waals surface area contributed by atoms with E-state index in [9.17, 15) is 0 Å². The van der Waals surface area contributed by atoms with Crippen molar-refractivity contribution in [1.29, 1.82) is 0 Å².